The zero-order valence-electron chi connectivity index (χ0n) is 47.5. The van der Waals surface area contributed by atoms with E-state index < -0.39 is 110 Å². The van der Waals surface area contributed by atoms with Crippen LogP contribution >= 0.6 is 23.5 Å². The van der Waals surface area contributed by atoms with Crippen molar-refractivity contribution < 1.29 is 79.7 Å². The zero-order chi connectivity index (χ0) is 65.5. The van der Waals surface area contributed by atoms with Gasteiger partial charge in [0.1, 0.15) is 108 Å². The minimum absolute atomic E-state index is 0.192. The number of H-pyrrole nitrogens is 3. The lowest BCUT2D eigenvalue weighted by molar-refractivity contribution is -0.139. The van der Waals surface area contributed by atoms with Crippen LogP contribution in [0, 0.1) is 0 Å². The molecule has 25 N–H and O–H groups in total. The highest BCUT2D eigenvalue weighted by Gasteiger charge is 2.47. The molecule has 90 heavy (non-hydrogen) atoms. The fourth-order valence-corrected chi connectivity index (χ4v) is 12.5. The number of imidazole rings is 4. The van der Waals surface area contributed by atoms with E-state index in [1.165, 1.54) is 83.3 Å². The number of aromatic amines is 3. The number of carbonyl (C=O) groups is 3. The lowest BCUT2D eigenvalue weighted by atomic mass is 10.1. The second-order valence-corrected chi connectivity index (χ2v) is 24.6. The fourth-order valence-electron chi connectivity index (χ4n) is 8.61. The van der Waals surface area contributed by atoms with Crippen LogP contribution in [0.5, 0.6) is 0 Å². The van der Waals surface area contributed by atoms with Crippen molar-refractivity contribution in [3.63, 3.8) is 0 Å². The van der Waals surface area contributed by atoms with Crippen molar-refractivity contribution in [1.82, 2.24) is 78.9 Å². The van der Waals surface area contributed by atoms with Gasteiger partial charge in [0.2, 0.25) is 0 Å². The molecule has 42 heteroatoms. The Morgan fingerprint density at radius 3 is 1.44 bits per heavy atom. The number of fused-ring (bicyclic) bond motifs is 4. The largest absolute Gasteiger partial charge is 0.480 e. The third-order valence-corrected chi connectivity index (χ3v) is 17.7. The summed E-state index contributed by atoms with van der Waals surface area (Å²) in [6, 6.07) is -2.72. The van der Waals surface area contributed by atoms with Crippen molar-refractivity contribution in [2.45, 2.75) is 111 Å². The van der Waals surface area contributed by atoms with E-state index in [9.17, 15) is 49.8 Å². The average molecular weight is 1320 g/mol. The minimum atomic E-state index is -1.36. The number of nitrogens with zero attached hydrogens (tertiary/aromatic N) is 13. The van der Waals surface area contributed by atoms with Crippen LogP contribution in [0.4, 0.5) is 17.5 Å². The van der Waals surface area contributed by atoms with Crippen molar-refractivity contribution in [1.29, 1.82) is 0 Å². The normalized spacial score (nSPS) is 25.0. The zero-order valence-corrected chi connectivity index (χ0v) is 49.9. The number of rotatable bonds is 20. The van der Waals surface area contributed by atoms with Crippen molar-refractivity contribution in [2.24, 2.45) is 17.2 Å². The number of aliphatic hydroxyl groups excluding tert-OH is 7. The van der Waals surface area contributed by atoms with E-state index in [1.807, 2.05) is 6.26 Å². The molecule has 3 aliphatic heterocycles. The topological polar surface area (TPSA) is 653 Å². The van der Waals surface area contributed by atoms with Crippen molar-refractivity contribution in [2.75, 3.05) is 58.0 Å². The first-order valence-corrected chi connectivity index (χ1v) is 31.2. The molecule has 0 bridgehead atoms. The molecule has 0 aliphatic carbocycles. The molecule has 8 aromatic heterocycles. The van der Waals surface area contributed by atoms with Gasteiger partial charge in [0.05, 0.1) is 50.1 Å². The molecule has 39 nitrogen and oxygen atoms in total. The number of hydrogen-bond acceptors (Lipinski definition) is 33. The fraction of sp³-hybridized carbons (Fsp3) is 0.521. The van der Waals surface area contributed by atoms with Gasteiger partial charge in [-0.2, -0.15) is 23.5 Å². The molecule has 0 radical (unpaired) electrons. The Kier molecular flexibility index (Phi) is 25.1. The summed E-state index contributed by atoms with van der Waals surface area (Å²) >= 11 is 2.75. The van der Waals surface area contributed by atoms with Gasteiger partial charge < -0.3 is 115 Å². The molecule has 0 amide bonds. The first-order chi connectivity index (χ1) is 42.9. The summed E-state index contributed by atoms with van der Waals surface area (Å²) in [6.45, 7) is 0. The maximum atomic E-state index is 10.9. The van der Waals surface area contributed by atoms with E-state index in [-0.39, 0.29) is 28.1 Å². The molecule has 3 aliphatic rings. The maximum absolute atomic E-state index is 10.9. The third-order valence-electron chi connectivity index (χ3n) is 13.7. The second-order valence-electron chi connectivity index (χ2n) is 20.0. The summed E-state index contributed by atoms with van der Waals surface area (Å²) in [5, 5.41) is 95.4. The van der Waals surface area contributed by atoms with Gasteiger partial charge in [-0.1, -0.05) is 0 Å². The highest BCUT2D eigenvalue weighted by Crippen LogP contribution is 2.35. The maximum Gasteiger partial charge on any atom is 0.320 e. The van der Waals surface area contributed by atoms with Gasteiger partial charge in [0.25, 0.3) is 5.56 Å². The molecule has 3 fully saturated rings. The molecule has 3 saturated heterocycles. The van der Waals surface area contributed by atoms with Crippen LogP contribution in [-0.2, 0) is 39.5 Å². The number of thioether (sulfide) groups is 2. The first-order valence-electron chi connectivity index (χ1n) is 26.9. The molecule has 11 rings (SSSR count). The van der Waals surface area contributed by atoms with Crippen molar-refractivity contribution in [3.05, 3.63) is 61.0 Å². The Morgan fingerprint density at radius 2 is 0.967 bits per heavy atom. The van der Waals surface area contributed by atoms with Gasteiger partial charge in [-0.3, -0.25) is 28.3 Å². The Labute approximate surface area is 518 Å². The Morgan fingerprint density at radius 1 is 0.544 bits per heavy atom. The van der Waals surface area contributed by atoms with E-state index in [0.29, 0.717) is 104 Å². The van der Waals surface area contributed by atoms with Gasteiger partial charge >= 0.3 is 17.9 Å². The second kappa shape index (κ2) is 32.4. The number of anilines is 3. The van der Waals surface area contributed by atoms with E-state index in [0.717, 1.165) is 0 Å². The van der Waals surface area contributed by atoms with Gasteiger partial charge in [0, 0.05) is 17.9 Å². The Hall–Kier alpha value is -7.66. The number of carboxylic acids is 3. The predicted octanol–water partition coefficient (Wildman–Crippen LogP) is -5.82. The number of nitrogen functional groups attached to an aromatic ring is 3. The number of aliphatic carboxylic acids is 3. The van der Waals surface area contributed by atoms with Crippen LogP contribution in [0.25, 0.3) is 44.7 Å². The minimum Gasteiger partial charge on any atom is -0.480 e. The number of hydrogen-bond donors (Lipinski definition) is 19. The average Bonchev–Trinajstić information content (AvgIpc) is 1.87. The number of nitrogens with two attached hydrogens (primary N) is 6. The number of aliphatic hydroxyl groups is 7. The number of nitrogens with one attached hydrogen (secondary N) is 3. The van der Waals surface area contributed by atoms with Crippen LogP contribution in [0.1, 0.15) is 31.7 Å². The molecule has 0 aromatic carbocycles. The van der Waals surface area contributed by atoms with Gasteiger partial charge in [0.15, 0.2) is 64.3 Å². The first kappa shape index (κ1) is 69.8. The summed E-state index contributed by atoms with van der Waals surface area (Å²) in [5.74, 6) is 0.549. The molecule has 8 aromatic rings. The van der Waals surface area contributed by atoms with Crippen LogP contribution in [-0.4, -0.2) is 268 Å². The smallest absolute Gasteiger partial charge is 0.320 e. The van der Waals surface area contributed by atoms with Gasteiger partial charge in [-0.25, -0.2) is 54.8 Å². The van der Waals surface area contributed by atoms with Crippen LogP contribution in [0.3, 0.4) is 0 Å². The number of aromatic nitrogens is 16. The number of ether oxygens (including phenoxy) is 3. The van der Waals surface area contributed by atoms with Crippen LogP contribution < -0.4 is 40.0 Å². The molecule has 490 valence electrons. The molecule has 11 heterocycles. The lowest BCUT2D eigenvalue weighted by Crippen LogP contribution is -2.37. The molecule has 0 spiro atoms. The highest BCUT2D eigenvalue weighted by atomic mass is 32.2. The van der Waals surface area contributed by atoms with Crippen molar-refractivity contribution >= 4 is 114 Å². The van der Waals surface area contributed by atoms with Crippen LogP contribution in [0.2, 0.25) is 0 Å². The lowest BCUT2D eigenvalue weighted by Gasteiger charge is -2.16. The van der Waals surface area contributed by atoms with Crippen LogP contribution in [0.15, 0.2) is 55.4 Å². The summed E-state index contributed by atoms with van der Waals surface area (Å²) in [7, 11) is -0.235. The quantitative estimate of drug-likeness (QED) is 0.0250. The van der Waals surface area contributed by atoms with Gasteiger partial charge in [-0.15, -0.1) is 0 Å². The summed E-state index contributed by atoms with van der Waals surface area (Å²) in [4.78, 5) is 94.1. The molecule has 16 atom stereocenters. The SMILES string of the molecule is C[S+](CCC(N)C(=O)O)C[C@H]1O[C@@H](n2cnc3c(N)ncnc32)[C@@H](O)C1O.NC(CCSC[C@H]1OC(O)[C@@H](O)C1O)C(=O)O.Nc1ncnc2c1ncn2[C@@H]1O[C@H](CSCCC(N)C(=O)O)C(O)[C@@H]1O.Nc1ncnc2nc[nH]c12.O=c1[nH]cnc2nc[nH]c12. The summed E-state index contributed by atoms with van der Waals surface area (Å²) in [6.07, 6.45) is 2.14. The predicted molar refractivity (Wildman–Crippen MR) is 323 cm³/mol. The van der Waals surface area contributed by atoms with E-state index in [2.05, 4.69) is 69.8 Å². The van der Waals surface area contributed by atoms with E-state index in [1.54, 1.807) is 0 Å². The van der Waals surface area contributed by atoms with E-state index >= 15 is 0 Å². The third kappa shape index (κ3) is 17.6. The highest BCUT2D eigenvalue weighted by molar-refractivity contribution is 7.99. The molecule has 8 unspecified atom stereocenters. The molecular weight excluding hydrogens is 1250 g/mol. The monoisotopic (exact) mass is 1320 g/mol. The molecule has 0 saturated carbocycles. The summed E-state index contributed by atoms with van der Waals surface area (Å²) in [5.41, 5.74) is 36.8. The number of carboxylic acid groups (broad SMARTS) is 3. The summed E-state index contributed by atoms with van der Waals surface area (Å²) < 4.78 is 19.6. The van der Waals surface area contributed by atoms with Gasteiger partial charge in [-0.05, 0) is 35.2 Å². The standard InChI is InChI=1S/C15H22N6O5S.C14H20N6O5S.C9H17NO6S.C5H5N5.C5H4N4O/c1-27(3-2-7(16)15(24)25)4-8-10(22)11(23)14(26-8)21-6-20-9-12(17)18-5-19-13(9)21;15-6(14(23)24)1-2-26-3-7-9(21)10(22)13(25-7)20-5-19-8-11(16)17-4-18-12(8)20;10-4(8(13)14)1-2-17-3-5-6(11)7(12)9(15)16-5;6-4-3-5(9-1-7-3)10-2-8-4;10-5-3-4(7-1-6-3)8-2-9-5/h5-8,10-11,14,22-23H,2-4,16H2,1H3,(H2-,17,18,19,24,25);4-7,9-10,13,21-22H,1-3,15H2,(H,23,24)(H2,16,17,18);4-7,9,11-12,15H,1-3,10H2,(H,13,14);1-2H,(H3,6,7,8,9,10);1-2H,(H2,6,7,8,9,10)/p+1/t7?,8-,10?,11+,14-,27?;6?,7-,9?,10+,13-;4?,5-,6?,7+,9?;;/m111../s1. The Bertz CT molecular complexity index is 3680. The van der Waals surface area contributed by atoms with E-state index in [4.69, 9.17) is 69.0 Å². The Balaban J connectivity index is 0.000000169. The molecular formula is C48H69N22O17S3+. The van der Waals surface area contributed by atoms with Crippen molar-refractivity contribution in [3.8, 4) is 0 Å².